The van der Waals surface area contributed by atoms with Crippen molar-refractivity contribution in [3.63, 3.8) is 0 Å². The number of carboxylic acids is 2. The topological polar surface area (TPSA) is 232 Å². The number of aromatic hydroxyl groups is 2. The SMILES string of the molecule is C=C(O)CN1CCN(CC(=O)O)CCN(CC(=O)N2CCN(Cc3ccc(-n4c(C(=O)NCC)nnc4-c4cc(C(C)C)c(O)cc4O)cc3)CC2)CCN(CC(=O)O)CC1. The highest BCUT2D eigenvalue weighted by Crippen LogP contribution is 2.38. The summed E-state index contributed by atoms with van der Waals surface area (Å²) in [5, 5.41) is 61.6. The van der Waals surface area contributed by atoms with Crippen LogP contribution < -0.4 is 5.32 Å². The van der Waals surface area contributed by atoms with Crippen LogP contribution >= 0.6 is 0 Å². The predicted molar refractivity (Wildman–Crippen MR) is 227 cm³/mol. The van der Waals surface area contributed by atoms with Crippen LogP contribution in [0.15, 0.2) is 48.7 Å². The summed E-state index contributed by atoms with van der Waals surface area (Å²) >= 11 is 0. The number of nitrogens with one attached hydrogen (secondary N) is 1. The average Bonchev–Trinajstić information content (AvgIpc) is 3.64. The van der Waals surface area contributed by atoms with Crippen LogP contribution in [0.25, 0.3) is 17.1 Å². The van der Waals surface area contributed by atoms with Crippen molar-refractivity contribution >= 4 is 23.8 Å². The number of carbonyl (C=O) groups is 4. The summed E-state index contributed by atoms with van der Waals surface area (Å²) in [4.78, 5) is 61.8. The Morgan fingerprint density at radius 3 is 1.69 bits per heavy atom. The molecule has 2 fully saturated rings. The van der Waals surface area contributed by atoms with Gasteiger partial charge in [-0.05, 0) is 42.2 Å². The van der Waals surface area contributed by atoms with Gasteiger partial charge in [0.1, 0.15) is 11.5 Å². The summed E-state index contributed by atoms with van der Waals surface area (Å²) in [5.74, 6) is -2.42. The summed E-state index contributed by atoms with van der Waals surface area (Å²) in [5.41, 5.74) is 2.55. The van der Waals surface area contributed by atoms with Crippen LogP contribution in [0.3, 0.4) is 0 Å². The molecule has 332 valence electrons. The highest BCUT2D eigenvalue weighted by molar-refractivity contribution is 5.92. The molecule has 19 heteroatoms. The molecule has 0 aliphatic carbocycles. The van der Waals surface area contributed by atoms with Crippen molar-refractivity contribution in [3.05, 3.63) is 65.7 Å². The monoisotopic (exact) mass is 848 g/mol. The van der Waals surface area contributed by atoms with Crippen molar-refractivity contribution in [2.75, 3.05) is 111 Å². The third-order valence-corrected chi connectivity index (χ3v) is 10.9. The minimum atomic E-state index is -0.962. The zero-order chi connectivity index (χ0) is 44.2. The number of rotatable bonds is 15. The number of phenols is 2. The summed E-state index contributed by atoms with van der Waals surface area (Å²) in [6.45, 7) is 15.8. The first-order valence-corrected chi connectivity index (χ1v) is 20.7. The van der Waals surface area contributed by atoms with Crippen LogP contribution in [0.5, 0.6) is 11.5 Å². The maximum atomic E-state index is 13.7. The Hall–Kier alpha value is -5.60. The van der Waals surface area contributed by atoms with Crippen LogP contribution in [0.4, 0.5) is 0 Å². The first-order valence-electron chi connectivity index (χ1n) is 20.7. The van der Waals surface area contributed by atoms with Gasteiger partial charge in [-0.1, -0.05) is 32.6 Å². The number of amides is 2. The van der Waals surface area contributed by atoms with Gasteiger partial charge in [-0.3, -0.25) is 48.2 Å². The first kappa shape index (κ1) is 46.5. The molecule has 6 N–H and O–H groups in total. The second-order valence-corrected chi connectivity index (χ2v) is 15.9. The van der Waals surface area contributed by atoms with Gasteiger partial charge in [-0.2, -0.15) is 0 Å². The number of aliphatic hydroxyl groups excluding tert-OH is 1. The van der Waals surface area contributed by atoms with Gasteiger partial charge < -0.3 is 35.7 Å². The predicted octanol–water partition coefficient (Wildman–Crippen LogP) is 1.33. The van der Waals surface area contributed by atoms with E-state index in [1.165, 1.54) is 6.07 Å². The normalized spacial score (nSPS) is 17.1. The molecule has 2 aliphatic rings. The number of nitrogens with zero attached hydrogens (tertiary/aromatic N) is 9. The average molecular weight is 849 g/mol. The van der Waals surface area contributed by atoms with Gasteiger partial charge >= 0.3 is 11.9 Å². The standard InChI is InChI=1S/C42H60N10O9/c1-5-43-42(61)41-45-44-40(34-22-33(29(2)3)35(54)23-36(34)55)52(41)32-8-6-31(7-9-32)25-47-18-20-51(21-19-47)37(56)26-48-12-16-49(27-38(57)58)14-10-46(24-30(4)53)11-15-50(17-13-48)28-39(59)60/h6-9,22-23,29,53-55H,4-5,10-21,24-28H2,1-3H3,(H,43,61)(H,57,58)(H,59,60). The maximum absolute atomic E-state index is 13.7. The van der Waals surface area contributed by atoms with Gasteiger partial charge in [0.15, 0.2) is 5.82 Å². The molecule has 0 bridgehead atoms. The van der Waals surface area contributed by atoms with E-state index in [2.05, 4.69) is 27.0 Å². The van der Waals surface area contributed by atoms with Gasteiger partial charge in [0.25, 0.3) is 5.91 Å². The van der Waals surface area contributed by atoms with E-state index >= 15 is 0 Å². The molecule has 0 radical (unpaired) electrons. The highest BCUT2D eigenvalue weighted by atomic mass is 16.4. The largest absolute Gasteiger partial charge is 0.512 e. The van der Waals surface area contributed by atoms with Crippen molar-refractivity contribution in [1.29, 1.82) is 0 Å². The number of carboxylic acid groups (broad SMARTS) is 2. The molecule has 2 aliphatic heterocycles. The number of aromatic nitrogens is 3. The molecule has 2 amide bonds. The van der Waals surface area contributed by atoms with Crippen molar-refractivity contribution < 1.29 is 44.7 Å². The molecule has 0 spiro atoms. The van der Waals surface area contributed by atoms with Gasteiger partial charge in [-0.15, -0.1) is 10.2 Å². The van der Waals surface area contributed by atoms with Gasteiger partial charge in [0, 0.05) is 103 Å². The van der Waals surface area contributed by atoms with E-state index in [4.69, 9.17) is 0 Å². The molecule has 2 aromatic carbocycles. The number of aliphatic hydroxyl groups is 1. The molecule has 0 atom stereocenters. The lowest BCUT2D eigenvalue weighted by Crippen LogP contribution is -2.53. The molecule has 19 nitrogen and oxygen atoms in total. The van der Waals surface area contributed by atoms with E-state index in [0.717, 1.165) is 5.56 Å². The van der Waals surface area contributed by atoms with Crippen LogP contribution in [-0.4, -0.2) is 205 Å². The third-order valence-electron chi connectivity index (χ3n) is 10.9. The van der Waals surface area contributed by atoms with Gasteiger partial charge in [-0.25, -0.2) is 0 Å². The Balaban J connectivity index is 1.23. The smallest absolute Gasteiger partial charge is 0.317 e. The Morgan fingerprint density at radius 2 is 1.20 bits per heavy atom. The number of aliphatic carboxylic acids is 2. The number of hydrogen-bond donors (Lipinski definition) is 6. The molecule has 3 heterocycles. The quantitative estimate of drug-likeness (QED) is 0.119. The number of carbonyl (C=O) groups excluding carboxylic acids is 2. The van der Waals surface area contributed by atoms with Crippen molar-refractivity contribution in [1.82, 2.24) is 49.5 Å². The Morgan fingerprint density at radius 1 is 0.689 bits per heavy atom. The summed E-state index contributed by atoms with van der Waals surface area (Å²) in [7, 11) is 0. The Kier molecular flexibility index (Phi) is 16.6. The number of benzene rings is 2. The second kappa shape index (κ2) is 21.8. The minimum Gasteiger partial charge on any atom is -0.512 e. The molecule has 5 rings (SSSR count). The van der Waals surface area contributed by atoms with Crippen LogP contribution in [0.1, 0.15) is 48.4 Å². The molecule has 3 aromatic rings. The molecular weight excluding hydrogens is 789 g/mol. The summed E-state index contributed by atoms with van der Waals surface area (Å²) in [6, 6.07) is 10.6. The van der Waals surface area contributed by atoms with Crippen molar-refractivity contribution in [2.45, 2.75) is 33.2 Å². The van der Waals surface area contributed by atoms with Crippen LogP contribution in [0, 0.1) is 0 Å². The first-order chi connectivity index (χ1) is 29.1. The van der Waals surface area contributed by atoms with E-state index in [0.29, 0.717) is 108 Å². The van der Waals surface area contributed by atoms with E-state index < -0.39 is 17.8 Å². The van der Waals surface area contributed by atoms with E-state index in [1.54, 1.807) is 17.6 Å². The fourth-order valence-electron chi connectivity index (χ4n) is 7.63. The molecule has 0 unspecified atom stereocenters. The third kappa shape index (κ3) is 13.2. The van der Waals surface area contributed by atoms with E-state index in [9.17, 15) is 44.7 Å². The summed E-state index contributed by atoms with van der Waals surface area (Å²) in [6.07, 6.45) is 0. The Bertz CT molecular complexity index is 1970. The van der Waals surface area contributed by atoms with Gasteiger partial charge in [0.2, 0.25) is 11.7 Å². The lowest BCUT2D eigenvalue weighted by Gasteiger charge is -2.37. The van der Waals surface area contributed by atoms with Crippen LogP contribution in [0.2, 0.25) is 0 Å². The maximum Gasteiger partial charge on any atom is 0.317 e. The molecule has 0 saturated carbocycles. The number of hydrogen-bond acceptors (Lipinski definition) is 14. The number of piperazine rings is 1. The fourth-order valence-corrected chi connectivity index (χ4v) is 7.63. The minimum absolute atomic E-state index is 0.0236. The second-order valence-electron chi connectivity index (χ2n) is 15.9. The zero-order valence-electron chi connectivity index (χ0n) is 35.4. The lowest BCUT2D eigenvalue weighted by atomic mass is 9.98. The fraction of sp³-hybridized carbons (Fsp3) is 0.524. The molecule has 61 heavy (non-hydrogen) atoms. The van der Waals surface area contributed by atoms with Gasteiger partial charge in [0.05, 0.1) is 37.5 Å². The lowest BCUT2D eigenvalue weighted by molar-refractivity contribution is -0.139. The molecule has 1 aromatic heterocycles. The van der Waals surface area contributed by atoms with E-state index in [-0.39, 0.29) is 66.9 Å². The molecular formula is C42H60N10O9. The Labute approximate surface area is 356 Å². The highest BCUT2D eigenvalue weighted by Gasteiger charge is 2.27. The number of phenolic OH excluding ortho intramolecular Hbond substituents is 2. The van der Waals surface area contributed by atoms with Crippen molar-refractivity contribution in [2.24, 2.45) is 0 Å². The van der Waals surface area contributed by atoms with E-state index in [1.807, 2.05) is 62.6 Å². The van der Waals surface area contributed by atoms with Crippen molar-refractivity contribution in [3.8, 4) is 28.6 Å². The van der Waals surface area contributed by atoms with Crippen LogP contribution in [-0.2, 0) is 20.9 Å². The zero-order valence-corrected chi connectivity index (χ0v) is 35.4. The summed E-state index contributed by atoms with van der Waals surface area (Å²) < 4.78 is 1.59. The molecule has 2 saturated heterocycles.